The zero-order valence-corrected chi connectivity index (χ0v) is 18.3. The van der Waals surface area contributed by atoms with Gasteiger partial charge in [-0.1, -0.05) is 44.5 Å². The SMILES string of the molecule is CCN(CC)Cc1cccc(CNc2ncccc2S(=O)(=O)N2CCCCC2)c1. The van der Waals surface area contributed by atoms with Gasteiger partial charge in [-0.3, -0.25) is 4.90 Å². The van der Waals surface area contributed by atoms with E-state index in [0.29, 0.717) is 25.5 Å². The highest BCUT2D eigenvalue weighted by Gasteiger charge is 2.28. The molecule has 6 nitrogen and oxygen atoms in total. The number of rotatable bonds is 9. The quantitative estimate of drug-likeness (QED) is 0.675. The van der Waals surface area contributed by atoms with Gasteiger partial charge in [0.25, 0.3) is 0 Å². The van der Waals surface area contributed by atoms with Crippen molar-refractivity contribution in [1.82, 2.24) is 14.2 Å². The van der Waals surface area contributed by atoms with Gasteiger partial charge < -0.3 is 5.32 Å². The third-order valence-corrected chi connectivity index (χ3v) is 7.39. The number of benzene rings is 1. The van der Waals surface area contributed by atoms with E-state index in [1.54, 1.807) is 22.6 Å². The lowest BCUT2D eigenvalue weighted by molar-refractivity contribution is 0.296. The smallest absolute Gasteiger partial charge is 0.246 e. The Hall–Kier alpha value is -1.96. The molecule has 0 bridgehead atoms. The summed E-state index contributed by atoms with van der Waals surface area (Å²) in [5.41, 5.74) is 2.37. The maximum absolute atomic E-state index is 13.1. The zero-order valence-electron chi connectivity index (χ0n) is 17.5. The zero-order chi connectivity index (χ0) is 20.7. The summed E-state index contributed by atoms with van der Waals surface area (Å²) in [6.45, 7) is 8.99. The Morgan fingerprint density at radius 1 is 1.03 bits per heavy atom. The standard InChI is InChI=1S/C22H32N4O2S/c1-3-25(4-2)18-20-11-8-10-19(16-20)17-24-22-21(12-9-13-23-22)29(27,28)26-14-6-5-7-15-26/h8-13,16H,3-7,14-15,17-18H2,1-2H3,(H,23,24). The minimum absolute atomic E-state index is 0.265. The van der Waals surface area contributed by atoms with E-state index in [9.17, 15) is 8.42 Å². The Balaban J connectivity index is 1.73. The predicted molar refractivity (Wildman–Crippen MR) is 117 cm³/mol. The maximum atomic E-state index is 13.1. The molecule has 1 N–H and O–H groups in total. The van der Waals surface area contributed by atoms with E-state index in [2.05, 4.69) is 53.3 Å². The van der Waals surface area contributed by atoms with Gasteiger partial charge in [-0.05, 0) is 49.2 Å². The van der Waals surface area contributed by atoms with Crippen LogP contribution < -0.4 is 5.32 Å². The van der Waals surface area contributed by atoms with E-state index >= 15 is 0 Å². The van der Waals surface area contributed by atoms with Crippen molar-refractivity contribution >= 4 is 15.8 Å². The van der Waals surface area contributed by atoms with Crippen LogP contribution in [0.3, 0.4) is 0 Å². The molecule has 7 heteroatoms. The van der Waals surface area contributed by atoms with E-state index in [1.165, 1.54) is 5.56 Å². The molecule has 0 saturated carbocycles. The molecule has 2 heterocycles. The maximum Gasteiger partial charge on any atom is 0.246 e. The van der Waals surface area contributed by atoms with Gasteiger partial charge in [0, 0.05) is 32.4 Å². The fourth-order valence-corrected chi connectivity index (χ4v) is 5.34. The fraction of sp³-hybridized carbons (Fsp3) is 0.500. The number of pyridine rings is 1. The number of hydrogen-bond donors (Lipinski definition) is 1. The second-order valence-electron chi connectivity index (χ2n) is 7.45. The monoisotopic (exact) mass is 416 g/mol. The summed E-state index contributed by atoms with van der Waals surface area (Å²) in [6, 6.07) is 11.8. The number of nitrogens with one attached hydrogen (secondary N) is 1. The normalized spacial score (nSPS) is 15.6. The molecule has 29 heavy (non-hydrogen) atoms. The molecule has 0 spiro atoms. The topological polar surface area (TPSA) is 65.5 Å². The van der Waals surface area contributed by atoms with Gasteiger partial charge in [-0.2, -0.15) is 4.31 Å². The van der Waals surface area contributed by atoms with Crippen LogP contribution in [0.25, 0.3) is 0 Å². The average molecular weight is 417 g/mol. The lowest BCUT2D eigenvalue weighted by atomic mass is 10.1. The summed E-state index contributed by atoms with van der Waals surface area (Å²) in [4.78, 5) is 6.96. The first-order valence-corrected chi connectivity index (χ1v) is 12.0. The molecule has 3 rings (SSSR count). The first-order valence-electron chi connectivity index (χ1n) is 10.5. The van der Waals surface area contributed by atoms with Crippen LogP contribution >= 0.6 is 0 Å². The number of anilines is 1. The Labute approximate surface area is 175 Å². The number of hydrogen-bond acceptors (Lipinski definition) is 5. The second-order valence-corrected chi connectivity index (χ2v) is 9.36. The van der Waals surface area contributed by atoms with Crippen LogP contribution in [0.4, 0.5) is 5.82 Å². The van der Waals surface area contributed by atoms with Gasteiger partial charge in [0.15, 0.2) is 0 Å². The van der Waals surface area contributed by atoms with Crippen molar-refractivity contribution in [2.75, 3.05) is 31.5 Å². The summed E-state index contributed by atoms with van der Waals surface area (Å²) < 4.78 is 27.8. The molecular weight excluding hydrogens is 384 g/mol. The summed E-state index contributed by atoms with van der Waals surface area (Å²) in [6.07, 6.45) is 4.56. The summed E-state index contributed by atoms with van der Waals surface area (Å²) in [5, 5.41) is 3.25. The van der Waals surface area contributed by atoms with Gasteiger partial charge in [-0.25, -0.2) is 13.4 Å². The van der Waals surface area contributed by atoms with Crippen LogP contribution in [-0.2, 0) is 23.1 Å². The Morgan fingerprint density at radius 2 is 1.76 bits per heavy atom. The molecule has 1 aromatic carbocycles. The van der Waals surface area contributed by atoms with Gasteiger partial charge >= 0.3 is 0 Å². The molecule has 0 radical (unpaired) electrons. The van der Waals surface area contributed by atoms with Crippen molar-refractivity contribution < 1.29 is 8.42 Å². The molecule has 1 saturated heterocycles. The highest BCUT2D eigenvalue weighted by Crippen LogP contribution is 2.25. The summed E-state index contributed by atoms with van der Waals surface area (Å²) in [5.74, 6) is 0.423. The van der Waals surface area contributed by atoms with E-state index in [0.717, 1.165) is 44.5 Å². The third kappa shape index (κ3) is 5.56. The fourth-order valence-electron chi connectivity index (χ4n) is 3.70. The van der Waals surface area contributed by atoms with Crippen LogP contribution in [0.2, 0.25) is 0 Å². The molecular formula is C22H32N4O2S. The van der Waals surface area contributed by atoms with E-state index in [4.69, 9.17) is 0 Å². The van der Waals surface area contributed by atoms with Crippen LogP contribution in [0.1, 0.15) is 44.2 Å². The van der Waals surface area contributed by atoms with E-state index in [-0.39, 0.29) is 4.90 Å². The van der Waals surface area contributed by atoms with Gasteiger partial charge in [-0.15, -0.1) is 0 Å². The lowest BCUT2D eigenvalue weighted by Crippen LogP contribution is -2.36. The average Bonchev–Trinajstić information content (AvgIpc) is 2.77. The molecule has 0 atom stereocenters. The molecule has 1 aromatic heterocycles. The Kier molecular flexibility index (Phi) is 7.64. The Bertz CT molecular complexity index is 891. The molecule has 0 unspecified atom stereocenters. The highest BCUT2D eigenvalue weighted by atomic mass is 32.2. The molecule has 158 valence electrons. The molecule has 0 amide bonds. The minimum Gasteiger partial charge on any atom is -0.365 e. The second kappa shape index (κ2) is 10.2. The first kappa shape index (κ1) is 21.7. The summed E-state index contributed by atoms with van der Waals surface area (Å²) in [7, 11) is -3.53. The first-order chi connectivity index (χ1) is 14.0. The molecule has 1 aliphatic heterocycles. The van der Waals surface area contributed by atoms with E-state index < -0.39 is 10.0 Å². The largest absolute Gasteiger partial charge is 0.365 e. The van der Waals surface area contributed by atoms with Crippen LogP contribution in [0.15, 0.2) is 47.5 Å². The Morgan fingerprint density at radius 3 is 2.48 bits per heavy atom. The van der Waals surface area contributed by atoms with Crippen molar-refractivity contribution in [3.8, 4) is 0 Å². The van der Waals surface area contributed by atoms with Crippen molar-refractivity contribution in [3.63, 3.8) is 0 Å². The van der Waals surface area contributed by atoms with Crippen molar-refractivity contribution in [2.45, 2.75) is 51.1 Å². The third-order valence-electron chi connectivity index (χ3n) is 5.46. The predicted octanol–water partition coefficient (Wildman–Crippen LogP) is 3.71. The number of piperidine rings is 1. The summed E-state index contributed by atoms with van der Waals surface area (Å²) >= 11 is 0. The van der Waals surface area contributed by atoms with Gasteiger partial charge in [0.1, 0.15) is 10.7 Å². The lowest BCUT2D eigenvalue weighted by Gasteiger charge is -2.26. The number of sulfonamides is 1. The number of nitrogens with zero attached hydrogens (tertiary/aromatic N) is 3. The highest BCUT2D eigenvalue weighted by molar-refractivity contribution is 7.89. The molecule has 2 aromatic rings. The van der Waals surface area contributed by atoms with E-state index in [1.807, 2.05) is 0 Å². The van der Waals surface area contributed by atoms with Crippen LogP contribution in [-0.4, -0.2) is 48.8 Å². The van der Waals surface area contributed by atoms with Crippen molar-refractivity contribution in [2.24, 2.45) is 0 Å². The molecule has 1 aliphatic rings. The van der Waals surface area contributed by atoms with Crippen LogP contribution in [0, 0.1) is 0 Å². The molecule has 1 fully saturated rings. The number of aromatic nitrogens is 1. The van der Waals surface area contributed by atoms with Crippen LogP contribution in [0.5, 0.6) is 0 Å². The van der Waals surface area contributed by atoms with Crippen molar-refractivity contribution in [1.29, 1.82) is 0 Å². The van der Waals surface area contributed by atoms with Gasteiger partial charge in [0.05, 0.1) is 0 Å². The molecule has 0 aliphatic carbocycles. The van der Waals surface area contributed by atoms with Gasteiger partial charge in [0.2, 0.25) is 10.0 Å². The van der Waals surface area contributed by atoms with Crippen molar-refractivity contribution in [3.05, 3.63) is 53.7 Å². The minimum atomic E-state index is -3.53.